The van der Waals surface area contributed by atoms with Gasteiger partial charge in [0.1, 0.15) is 17.3 Å². The van der Waals surface area contributed by atoms with Crippen molar-refractivity contribution in [2.24, 2.45) is 0 Å². The third-order valence-electron chi connectivity index (χ3n) is 15.0. The minimum absolute atomic E-state index is 0.0785. The van der Waals surface area contributed by atoms with E-state index >= 15 is 0 Å². The predicted molar refractivity (Wildman–Crippen MR) is 286 cm³/mol. The molecule has 0 amide bonds. The molecule has 0 atom stereocenters. The monoisotopic (exact) mass is 915 g/mol. The van der Waals surface area contributed by atoms with E-state index in [1.54, 1.807) is 0 Å². The second kappa shape index (κ2) is 14.9. The predicted octanol–water partition coefficient (Wildman–Crippen LogP) is 15.3. The van der Waals surface area contributed by atoms with E-state index in [1.807, 2.05) is 30.7 Å². The Morgan fingerprint density at radius 3 is 1.77 bits per heavy atom. The third-order valence-corrected chi connectivity index (χ3v) is 15.0. The van der Waals surface area contributed by atoms with Crippen molar-refractivity contribution in [2.45, 2.75) is 110 Å². The number of pyridine rings is 2. The summed E-state index contributed by atoms with van der Waals surface area (Å²) in [4.78, 5) is 9.21. The van der Waals surface area contributed by atoms with E-state index < -0.39 is 5.41 Å². The normalized spacial score (nSPS) is 14.1. The van der Waals surface area contributed by atoms with Crippen LogP contribution < -0.4 is 9.30 Å². The van der Waals surface area contributed by atoms with Crippen LogP contribution in [0.5, 0.6) is 11.5 Å². The lowest BCUT2D eigenvalue weighted by molar-refractivity contribution is -0.572. The average molecular weight is 916 g/mol. The van der Waals surface area contributed by atoms with Gasteiger partial charge in [0.25, 0.3) is 6.33 Å². The van der Waals surface area contributed by atoms with Gasteiger partial charge in [0, 0.05) is 35.4 Å². The third kappa shape index (κ3) is 6.41. The topological polar surface area (TPSA) is 48.8 Å². The molecule has 0 N–H and O–H groups in total. The number of ether oxygens (including phenoxy) is 1. The molecular weight excluding hydrogens is 855 g/mol. The molecule has 4 aromatic heterocycles. The van der Waals surface area contributed by atoms with Gasteiger partial charge in [0.2, 0.25) is 0 Å². The minimum Gasteiger partial charge on any atom is -0.458 e. The van der Waals surface area contributed by atoms with Crippen LogP contribution in [0.2, 0.25) is 0 Å². The Morgan fingerprint density at radius 2 is 1.14 bits per heavy atom. The highest BCUT2D eigenvalue weighted by Crippen LogP contribution is 2.65. The molecule has 1 aliphatic carbocycles. The molecular formula is C64H61N5O. The molecule has 6 aromatic carbocycles. The van der Waals surface area contributed by atoms with Crippen molar-refractivity contribution in [3.63, 3.8) is 0 Å². The van der Waals surface area contributed by atoms with Crippen LogP contribution in [-0.4, -0.2) is 19.1 Å². The fraction of sp³-hybridized carbons (Fsp3) is 0.266. The average Bonchev–Trinajstić information content (AvgIpc) is 3.97. The van der Waals surface area contributed by atoms with Gasteiger partial charge < -0.3 is 4.74 Å². The van der Waals surface area contributed by atoms with E-state index in [-0.39, 0.29) is 21.7 Å². The second-order valence-corrected chi connectivity index (χ2v) is 23.8. The van der Waals surface area contributed by atoms with Gasteiger partial charge >= 0.3 is 0 Å². The lowest BCUT2D eigenvalue weighted by atomic mass is 9.60. The van der Waals surface area contributed by atoms with Crippen LogP contribution in [0.15, 0.2) is 152 Å². The number of nitrogens with zero attached hydrogens (tertiary/aromatic N) is 5. The molecule has 6 heteroatoms. The first-order valence-electron chi connectivity index (χ1n) is 24.8. The molecule has 0 saturated heterocycles. The van der Waals surface area contributed by atoms with E-state index in [0.717, 1.165) is 56.1 Å². The summed E-state index contributed by atoms with van der Waals surface area (Å²) in [7, 11) is 0. The molecule has 6 nitrogen and oxygen atoms in total. The van der Waals surface area contributed by atoms with E-state index in [1.165, 1.54) is 61.0 Å². The standard InChI is InChI=1S/C64H61N5O/c1-60(2,3)39-32-46-47-33-40(61(4,5)6)35-51(63(10,11)12)58(47)64(57(46)50(34-39)62(7,8)9)48-26-24-43(37-55(48)68-38-67(41-27-30-65-31-28-41)53-21-17-19-49(64)59(53)68)70-42-23-25-45-44-18-13-14-20-52(44)69(54(45)36-42)56-22-15-16-29-66-56/h13-37H,1-12H3. The number of hydrogen-bond donors (Lipinski definition) is 0. The minimum atomic E-state index is -0.711. The first-order chi connectivity index (χ1) is 33.2. The number of benzene rings is 6. The zero-order chi connectivity index (χ0) is 48.9. The van der Waals surface area contributed by atoms with Crippen molar-refractivity contribution >= 4 is 32.8 Å². The van der Waals surface area contributed by atoms with Gasteiger partial charge in [0.05, 0.1) is 38.9 Å². The van der Waals surface area contributed by atoms with Crippen molar-refractivity contribution < 1.29 is 9.30 Å². The zero-order valence-electron chi connectivity index (χ0n) is 42.6. The lowest BCUT2D eigenvalue weighted by Crippen LogP contribution is -2.38. The van der Waals surface area contributed by atoms with Crippen LogP contribution in [0.25, 0.3) is 61.2 Å². The number of aromatic nitrogens is 5. The van der Waals surface area contributed by atoms with Gasteiger partial charge in [-0.3, -0.25) is 18.7 Å². The van der Waals surface area contributed by atoms with Crippen LogP contribution in [0.4, 0.5) is 0 Å². The second-order valence-electron chi connectivity index (χ2n) is 23.8. The molecule has 70 heavy (non-hydrogen) atoms. The maximum Gasteiger partial charge on any atom is 0.269 e. The number of para-hydroxylation sites is 2. The summed E-state index contributed by atoms with van der Waals surface area (Å²) < 4.78 is 13.8. The summed E-state index contributed by atoms with van der Waals surface area (Å²) in [5.41, 5.74) is 18.4. The summed E-state index contributed by atoms with van der Waals surface area (Å²) in [6, 6.07) is 49.1. The fourth-order valence-electron chi connectivity index (χ4n) is 11.7. The molecule has 0 unspecified atom stereocenters. The Morgan fingerprint density at radius 1 is 0.529 bits per heavy atom. The van der Waals surface area contributed by atoms with Crippen molar-refractivity contribution in [3.8, 4) is 39.8 Å². The van der Waals surface area contributed by atoms with Crippen LogP contribution in [-0.2, 0) is 27.1 Å². The van der Waals surface area contributed by atoms with Gasteiger partial charge in [-0.1, -0.05) is 156 Å². The summed E-state index contributed by atoms with van der Waals surface area (Å²) in [5, 5.41) is 2.32. The van der Waals surface area contributed by atoms with Crippen molar-refractivity contribution in [3.05, 3.63) is 203 Å². The van der Waals surface area contributed by atoms with Gasteiger partial charge in [-0.25, -0.2) is 4.98 Å². The molecule has 2 aliphatic rings. The Hall–Kier alpha value is -7.31. The summed E-state index contributed by atoms with van der Waals surface area (Å²) in [6.45, 7) is 28.5. The summed E-state index contributed by atoms with van der Waals surface area (Å²) >= 11 is 0. The number of rotatable bonds is 4. The Bertz CT molecular complexity index is 3690. The SMILES string of the molecule is CC(C)(C)c1cc2c(c(C(C)(C)C)c1)C1(c3ccc(Oc4ccc5c6ccccc6n(-c6ccccn6)c5c4)cc3-n3[c-][n+](-c4ccncc4)c4cccc1c43)c1c-2cc(C(C)(C)C)cc1C(C)(C)C. The molecule has 12 rings (SSSR count). The molecule has 0 saturated carbocycles. The summed E-state index contributed by atoms with van der Waals surface area (Å²) in [5.74, 6) is 2.36. The van der Waals surface area contributed by atoms with Crippen LogP contribution in [0.3, 0.4) is 0 Å². The number of imidazole rings is 1. The van der Waals surface area contributed by atoms with Crippen molar-refractivity contribution in [1.82, 2.24) is 19.1 Å². The molecule has 1 aliphatic heterocycles. The Labute approximate surface area is 412 Å². The highest BCUT2D eigenvalue weighted by molar-refractivity contribution is 6.09. The Balaban J connectivity index is 1.19. The van der Waals surface area contributed by atoms with E-state index in [0.29, 0.717) is 0 Å². The van der Waals surface area contributed by atoms with E-state index in [9.17, 15) is 0 Å². The zero-order valence-corrected chi connectivity index (χ0v) is 42.6. The Kier molecular flexibility index (Phi) is 9.32. The molecule has 10 aromatic rings. The molecule has 348 valence electrons. The molecule has 0 bridgehead atoms. The molecule has 5 heterocycles. The first-order valence-corrected chi connectivity index (χ1v) is 24.8. The van der Waals surface area contributed by atoms with Crippen LogP contribution in [0.1, 0.15) is 128 Å². The highest BCUT2D eigenvalue weighted by Gasteiger charge is 2.55. The molecule has 1 spiro atoms. The largest absolute Gasteiger partial charge is 0.458 e. The van der Waals surface area contributed by atoms with Crippen molar-refractivity contribution in [1.29, 1.82) is 0 Å². The van der Waals surface area contributed by atoms with Gasteiger partial charge in [-0.2, -0.15) is 0 Å². The number of fused-ring (bicyclic) bond motifs is 12. The number of hydrogen-bond acceptors (Lipinski definition) is 3. The van der Waals surface area contributed by atoms with E-state index in [2.05, 4.69) is 229 Å². The van der Waals surface area contributed by atoms with Crippen LogP contribution in [0, 0.1) is 6.33 Å². The summed E-state index contributed by atoms with van der Waals surface area (Å²) in [6.07, 6.45) is 9.48. The van der Waals surface area contributed by atoms with Gasteiger partial charge in [0.15, 0.2) is 0 Å². The van der Waals surface area contributed by atoms with Gasteiger partial charge in [-0.15, -0.1) is 0 Å². The highest BCUT2D eigenvalue weighted by atomic mass is 16.5. The maximum absolute atomic E-state index is 7.09. The maximum atomic E-state index is 7.09. The first kappa shape index (κ1) is 43.9. The molecule has 0 radical (unpaired) electrons. The van der Waals surface area contributed by atoms with E-state index in [4.69, 9.17) is 9.72 Å². The lowest BCUT2D eigenvalue weighted by Gasteiger charge is -2.44. The fourth-order valence-corrected chi connectivity index (χ4v) is 11.7. The van der Waals surface area contributed by atoms with Gasteiger partial charge in [-0.05, 0) is 132 Å². The van der Waals surface area contributed by atoms with Crippen LogP contribution >= 0.6 is 0 Å². The van der Waals surface area contributed by atoms with Crippen molar-refractivity contribution in [2.75, 3.05) is 0 Å². The molecule has 0 fully saturated rings. The quantitative estimate of drug-likeness (QED) is 0.131. The smallest absolute Gasteiger partial charge is 0.269 e.